The van der Waals surface area contributed by atoms with E-state index in [1.165, 1.54) is 35.0 Å². The second-order valence-corrected chi connectivity index (χ2v) is 6.29. The number of carbonyl (C=O) groups is 1. The zero-order valence-corrected chi connectivity index (χ0v) is 13.7. The molecule has 0 amide bonds. The van der Waals surface area contributed by atoms with E-state index in [1.807, 2.05) is 0 Å². The van der Waals surface area contributed by atoms with Crippen molar-refractivity contribution in [2.24, 2.45) is 0 Å². The van der Waals surface area contributed by atoms with Crippen molar-refractivity contribution >= 4 is 5.97 Å². The Kier molecular flexibility index (Phi) is 4.83. The summed E-state index contributed by atoms with van der Waals surface area (Å²) in [6.07, 6.45) is 5.07. The number of hydrogen-bond donors (Lipinski definition) is 1. The molecule has 1 aliphatic rings. The first-order valence-electron chi connectivity index (χ1n) is 8.32. The van der Waals surface area contributed by atoms with Gasteiger partial charge in [-0.3, -0.25) is 14.2 Å². The van der Waals surface area contributed by atoms with E-state index < -0.39 is 23.0 Å². The van der Waals surface area contributed by atoms with E-state index in [4.69, 9.17) is 5.11 Å². The van der Waals surface area contributed by atoms with Gasteiger partial charge in [0.15, 0.2) is 0 Å². The van der Waals surface area contributed by atoms with Gasteiger partial charge < -0.3 is 5.11 Å². The molecule has 0 bridgehead atoms. The van der Waals surface area contributed by atoms with Crippen LogP contribution in [0.2, 0.25) is 0 Å². The minimum atomic E-state index is -1.01. The fraction of sp³-hybridized carbons (Fsp3) is 0.389. The Bertz CT molecular complexity index is 893. The van der Waals surface area contributed by atoms with Crippen molar-refractivity contribution in [1.29, 1.82) is 0 Å². The first-order chi connectivity index (χ1) is 12.0. The summed E-state index contributed by atoms with van der Waals surface area (Å²) in [7, 11) is 0. The number of benzene rings is 1. The van der Waals surface area contributed by atoms with E-state index in [1.54, 1.807) is 0 Å². The molecule has 0 unspecified atom stereocenters. The highest BCUT2D eigenvalue weighted by Crippen LogP contribution is 2.28. The Labute approximate surface area is 143 Å². The van der Waals surface area contributed by atoms with Crippen molar-refractivity contribution in [3.8, 4) is 5.69 Å². The minimum absolute atomic E-state index is 0.00313. The number of carboxylic acid groups (broad SMARTS) is 1. The van der Waals surface area contributed by atoms with Crippen molar-refractivity contribution in [1.82, 2.24) is 9.13 Å². The van der Waals surface area contributed by atoms with Gasteiger partial charge in [-0.1, -0.05) is 12.8 Å². The smallest absolute Gasteiger partial charge is 0.335 e. The summed E-state index contributed by atoms with van der Waals surface area (Å²) in [5.41, 5.74) is -0.465. The quantitative estimate of drug-likeness (QED) is 0.900. The SMILES string of the molecule is O=C(O)CCc1cn(C2CCCC2)c(=O)n(-c2ccc(F)cc2)c1=O. The Morgan fingerprint density at radius 1 is 1.16 bits per heavy atom. The zero-order valence-electron chi connectivity index (χ0n) is 13.7. The third kappa shape index (κ3) is 3.55. The Morgan fingerprint density at radius 3 is 2.40 bits per heavy atom. The van der Waals surface area contributed by atoms with Gasteiger partial charge in [0.2, 0.25) is 0 Å². The van der Waals surface area contributed by atoms with Gasteiger partial charge in [-0.25, -0.2) is 13.8 Å². The standard InChI is InChI=1S/C18H19FN2O4/c19-13-6-8-15(9-7-13)21-17(24)12(5-10-16(22)23)11-20(18(21)25)14-3-1-2-4-14/h6-9,11,14H,1-5,10H2,(H,22,23). The van der Waals surface area contributed by atoms with Gasteiger partial charge in [-0.05, 0) is 43.5 Å². The largest absolute Gasteiger partial charge is 0.481 e. The van der Waals surface area contributed by atoms with E-state index in [0.29, 0.717) is 0 Å². The number of carboxylic acids is 1. The fourth-order valence-corrected chi connectivity index (χ4v) is 3.30. The molecule has 1 N–H and O–H groups in total. The third-order valence-corrected chi connectivity index (χ3v) is 4.60. The van der Waals surface area contributed by atoms with Crippen LogP contribution >= 0.6 is 0 Å². The van der Waals surface area contributed by atoms with Crippen molar-refractivity contribution in [2.75, 3.05) is 0 Å². The molecule has 1 aliphatic carbocycles. The lowest BCUT2D eigenvalue weighted by atomic mass is 10.1. The Morgan fingerprint density at radius 2 is 1.80 bits per heavy atom. The van der Waals surface area contributed by atoms with Gasteiger partial charge in [0.1, 0.15) is 5.82 Å². The highest BCUT2D eigenvalue weighted by atomic mass is 19.1. The van der Waals surface area contributed by atoms with Gasteiger partial charge in [-0.15, -0.1) is 0 Å². The number of rotatable bonds is 5. The molecule has 1 aromatic carbocycles. The van der Waals surface area contributed by atoms with Gasteiger partial charge in [0.25, 0.3) is 5.56 Å². The number of aliphatic carboxylic acids is 1. The normalized spacial score (nSPS) is 14.8. The molecule has 1 fully saturated rings. The lowest BCUT2D eigenvalue weighted by Gasteiger charge is -2.17. The number of aryl methyl sites for hydroxylation is 1. The van der Waals surface area contributed by atoms with Crippen molar-refractivity contribution in [3.05, 3.63) is 62.7 Å². The van der Waals surface area contributed by atoms with Crippen molar-refractivity contribution in [3.63, 3.8) is 0 Å². The number of nitrogens with zero attached hydrogens (tertiary/aromatic N) is 2. The predicted molar refractivity (Wildman–Crippen MR) is 89.7 cm³/mol. The summed E-state index contributed by atoms with van der Waals surface area (Å²) in [6.45, 7) is 0. The summed E-state index contributed by atoms with van der Waals surface area (Å²) < 4.78 is 15.7. The van der Waals surface area contributed by atoms with Crippen LogP contribution in [0.4, 0.5) is 4.39 Å². The maximum Gasteiger partial charge on any atom is 0.335 e. The van der Waals surface area contributed by atoms with Crippen LogP contribution in [0.3, 0.4) is 0 Å². The molecule has 0 atom stereocenters. The Balaban J connectivity index is 2.17. The van der Waals surface area contributed by atoms with Gasteiger partial charge in [0, 0.05) is 24.2 Å². The van der Waals surface area contributed by atoms with E-state index in [2.05, 4.69) is 0 Å². The first-order valence-corrected chi connectivity index (χ1v) is 8.32. The summed E-state index contributed by atoms with van der Waals surface area (Å²) in [5, 5.41) is 8.90. The molecule has 2 aromatic rings. The average molecular weight is 346 g/mol. The molecule has 1 heterocycles. The minimum Gasteiger partial charge on any atom is -0.481 e. The van der Waals surface area contributed by atoms with Gasteiger partial charge >= 0.3 is 11.7 Å². The molecule has 1 aromatic heterocycles. The maximum absolute atomic E-state index is 13.2. The van der Waals surface area contributed by atoms with Crippen molar-refractivity contribution in [2.45, 2.75) is 44.6 Å². The molecule has 132 valence electrons. The second-order valence-electron chi connectivity index (χ2n) is 6.29. The average Bonchev–Trinajstić information content (AvgIpc) is 3.10. The Hall–Kier alpha value is -2.70. The molecule has 0 spiro atoms. The van der Waals surface area contributed by atoms with Crippen LogP contribution in [-0.4, -0.2) is 20.2 Å². The molecule has 7 heteroatoms. The molecule has 0 radical (unpaired) electrons. The van der Waals surface area contributed by atoms with E-state index in [-0.39, 0.29) is 30.1 Å². The fourth-order valence-electron chi connectivity index (χ4n) is 3.30. The van der Waals surface area contributed by atoms with Crippen LogP contribution < -0.4 is 11.2 Å². The summed E-state index contributed by atoms with van der Waals surface area (Å²) in [6, 6.07) is 5.12. The van der Waals surface area contributed by atoms with E-state index in [9.17, 15) is 18.8 Å². The van der Waals surface area contributed by atoms with Crippen molar-refractivity contribution < 1.29 is 14.3 Å². The van der Waals surface area contributed by atoms with Crippen LogP contribution in [0, 0.1) is 5.82 Å². The van der Waals surface area contributed by atoms with E-state index >= 15 is 0 Å². The number of aromatic nitrogens is 2. The first kappa shape index (κ1) is 17.1. The maximum atomic E-state index is 13.2. The molecule has 25 heavy (non-hydrogen) atoms. The predicted octanol–water partition coefficient (Wildman–Crippen LogP) is 2.27. The molecule has 6 nitrogen and oxygen atoms in total. The number of hydrogen-bond acceptors (Lipinski definition) is 3. The van der Waals surface area contributed by atoms with Crippen LogP contribution in [0.1, 0.15) is 43.7 Å². The second kappa shape index (κ2) is 7.04. The molecular formula is C18H19FN2O4. The van der Waals surface area contributed by atoms with Crippen LogP contribution in [0.25, 0.3) is 5.69 Å². The third-order valence-electron chi connectivity index (χ3n) is 4.60. The van der Waals surface area contributed by atoms with E-state index in [0.717, 1.165) is 30.3 Å². The topological polar surface area (TPSA) is 81.3 Å². The molecule has 0 aliphatic heterocycles. The summed E-state index contributed by atoms with van der Waals surface area (Å²) in [4.78, 5) is 36.5. The molecule has 1 saturated carbocycles. The van der Waals surface area contributed by atoms with Crippen LogP contribution in [-0.2, 0) is 11.2 Å². The lowest BCUT2D eigenvalue weighted by Crippen LogP contribution is -2.41. The van der Waals surface area contributed by atoms with Gasteiger partial charge in [0.05, 0.1) is 5.69 Å². The zero-order chi connectivity index (χ0) is 18.0. The monoisotopic (exact) mass is 346 g/mol. The molecule has 3 rings (SSSR count). The molecule has 0 saturated heterocycles. The highest BCUT2D eigenvalue weighted by Gasteiger charge is 2.22. The lowest BCUT2D eigenvalue weighted by molar-refractivity contribution is -0.136. The number of halogens is 1. The van der Waals surface area contributed by atoms with Crippen LogP contribution in [0.5, 0.6) is 0 Å². The van der Waals surface area contributed by atoms with Gasteiger partial charge in [-0.2, -0.15) is 0 Å². The summed E-state index contributed by atoms with van der Waals surface area (Å²) >= 11 is 0. The highest BCUT2D eigenvalue weighted by molar-refractivity contribution is 5.67. The van der Waals surface area contributed by atoms with Crippen LogP contribution in [0.15, 0.2) is 40.1 Å². The summed E-state index contributed by atoms with van der Waals surface area (Å²) in [5.74, 6) is -1.47. The molecular weight excluding hydrogens is 327 g/mol.